The highest BCUT2D eigenvalue weighted by Crippen LogP contribution is 2.13. The zero-order chi connectivity index (χ0) is 7.40. The molecule has 10 heavy (non-hydrogen) atoms. The number of hydrogen-bond acceptors (Lipinski definition) is 1. The van der Waals surface area contributed by atoms with Crippen molar-refractivity contribution in [1.29, 1.82) is 0 Å². The van der Waals surface area contributed by atoms with Crippen molar-refractivity contribution in [1.82, 2.24) is 4.90 Å². The van der Waals surface area contributed by atoms with Gasteiger partial charge in [0.05, 0.1) is 0 Å². The van der Waals surface area contributed by atoms with E-state index in [1.54, 1.807) is 0 Å². The highest BCUT2D eigenvalue weighted by atomic mass is 15.1. The molecule has 0 amide bonds. The first kappa shape index (κ1) is 7.80. The first-order valence-corrected chi connectivity index (χ1v) is 4.16. The van der Waals surface area contributed by atoms with Crippen molar-refractivity contribution in [3.63, 3.8) is 0 Å². The molecule has 1 heteroatoms. The molecule has 1 unspecified atom stereocenters. The predicted molar refractivity (Wildman–Crippen MR) is 45.0 cm³/mol. The van der Waals surface area contributed by atoms with Gasteiger partial charge in [0.15, 0.2) is 0 Å². The summed E-state index contributed by atoms with van der Waals surface area (Å²) < 4.78 is 0. The molecule has 0 spiro atoms. The number of nitrogens with zero attached hydrogens (tertiary/aromatic N) is 1. The molecule has 0 radical (unpaired) electrons. The van der Waals surface area contributed by atoms with E-state index in [4.69, 9.17) is 0 Å². The van der Waals surface area contributed by atoms with Crippen molar-refractivity contribution in [2.75, 3.05) is 19.6 Å². The van der Waals surface area contributed by atoms with E-state index in [1.165, 1.54) is 19.5 Å². The van der Waals surface area contributed by atoms with Gasteiger partial charge in [-0.05, 0) is 25.8 Å². The van der Waals surface area contributed by atoms with Crippen molar-refractivity contribution >= 4 is 0 Å². The van der Waals surface area contributed by atoms with Crippen molar-refractivity contribution in [3.05, 3.63) is 12.2 Å². The van der Waals surface area contributed by atoms with Crippen molar-refractivity contribution < 1.29 is 0 Å². The van der Waals surface area contributed by atoms with Crippen LogP contribution in [0.3, 0.4) is 0 Å². The molecule has 0 saturated carbocycles. The smallest absolute Gasteiger partial charge is 0.0163 e. The molecule has 0 aromatic rings. The van der Waals surface area contributed by atoms with E-state index in [0.29, 0.717) is 0 Å². The Balaban J connectivity index is 2.18. The lowest BCUT2D eigenvalue weighted by Gasteiger charge is -2.11. The number of hydrogen-bond donors (Lipinski definition) is 0. The number of allylic oxidation sites excluding steroid dienone is 1. The predicted octanol–water partition coefficient (Wildman–Crippen LogP) is 1.90. The van der Waals surface area contributed by atoms with Crippen LogP contribution in [0.2, 0.25) is 0 Å². The summed E-state index contributed by atoms with van der Waals surface area (Å²) in [5.74, 6) is 0.922. The summed E-state index contributed by atoms with van der Waals surface area (Å²) in [6, 6.07) is 0. The van der Waals surface area contributed by atoms with Gasteiger partial charge in [-0.2, -0.15) is 0 Å². The van der Waals surface area contributed by atoms with E-state index in [2.05, 4.69) is 30.9 Å². The molecule has 1 rings (SSSR count). The lowest BCUT2D eigenvalue weighted by molar-refractivity contribution is 0.364. The van der Waals surface area contributed by atoms with Crippen LogP contribution in [0.15, 0.2) is 12.2 Å². The van der Waals surface area contributed by atoms with E-state index in [-0.39, 0.29) is 0 Å². The van der Waals surface area contributed by atoms with Gasteiger partial charge in [0, 0.05) is 13.1 Å². The molecule has 1 aliphatic rings. The minimum atomic E-state index is 0.922. The van der Waals surface area contributed by atoms with Crippen LogP contribution >= 0.6 is 0 Å². The van der Waals surface area contributed by atoms with Crippen LogP contribution in [0, 0.1) is 5.92 Å². The Morgan fingerprint density at radius 3 is 2.90 bits per heavy atom. The van der Waals surface area contributed by atoms with E-state index in [9.17, 15) is 0 Å². The maximum absolute atomic E-state index is 2.50. The van der Waals surface area contributed by atoms with Crippen LogP contribution in [0.5, 0.6) is 0 Å². The summed E-state index contributed by atoms with van der Waals surface area (Å²) in [6.45, 7) is 8.16. The van der Waals surface area contributed by atoms with Crippen LogP contribution in [0.1, 0.15) is 20.3 Å². The van der Waals surface area contributed by atoms with Gasteiger partial charge in [-0.15, -0.1) is 0 Å². The SMILES string of the molecule is C/C=C/CN1CCC(C)C1. The Hall–Kier alpha value is -0.300. The molecule has 1 fully saturated rings. The van der Waals surface area contributed by atoms with Crippen molar-refractivity contribution in [3.8, 4) is 0 Å². The normalized spacial score (nSPS) is 28.4. The van der Waals surface area contributed by atoms with Crippen LogP contribution in [-0.4, -0.2) is 24.5 Å². The molecule has 58 valence electrons. The van der Waals surface area contributed by atoms with Crippen LogP contribution in [-0.2, 0) is 0 Å². The molecule has 1 aliphatic heterocycles. The summed E-state index contributed by atoms with van der Waals surface area (Å²) in [6.07, 6.45) is 5.75. The fourth-order valence-corrected chi connectivity index (χ4v) is 1.45. The molecule has 0 N–H and O–H groups in total. The topological polar surface area (TPSA) is 3.24 Å². The molecule has 1 saturated heterocycles. The fourth-order valence-electron chi connectivity index (χ4n) is 1.45. The van der Waals surface area contributed by atoms with Crippen LogP contribution in [0.4, 0.5) is 0 Å². The maximum atomic E-state index is 2.50. The van der Waals surface area contributed by atoms with Gasteiger partial charge in [0.2, 0.25) is 0 Å². The quantitative estimate of drug-likeness (QED) is 0.528. The first-order valence-electron chi connectivity index (χ1n) is 4.16. The molecule has 1 heterocycles. The van der Waals surface area contributed by atoms with Gasteiger partial charge < -0.3 is 0 Å². The van der Waals surface area contributed by atoms with E-state index < -0.39 is 0 Å². The third-order valence-corrected chi connectivity index (χ3v) is 2.11. The standard InChI is InChI=1S/C9H17N/c1-3-4-6-10-7-5-9(2)8-10/h3-4,9H,5-8H2,1-2H3/b4-3+. The second kappa shape index (κ2) is 3.77. The van der Waals surface area contributed by atoms with Gasteiger partial charge in [0.1, 0.15) is 0 Å². The summed E-state index contributed by atoms with van der Waals surface area (Å²) in [5.41, 5.74) is 0. The highest BCUT2D eigenvalue weighted by Gasteiger charge is 2.16. The number of likely N-dealkylation sites (tertiary alicyclic amines) is 1. The van der Waals surface area contributed by atoms with Crippen LogP contribution in [0.25, 0.3) is 0 Å². The van der Waals surface area contributed by atoms with Crippen LogP contribution < -0.4 is 0 Å². The Morgan fingerprint density at radius 2 is 2.40 bits per heavy atom. The van der Waals surface area contributed by atoms with E-state index in [1.807, 2.05) is 0 Å². The molecule has 0 aromatic heterocycles. The first-order chi connectivity index (χ1) is 4.83. The highest BCUT2D eigenvalue weighted by molar-refractivity contribution is 4.84. The Bertz CT molecular complexity index is 118. The largest absolute Gasteiger partial charge is 0.299 e. The minimum Gasteiger partial charge on any atom is -0.299 e. The minimum absolute atomic E-state index is 0.922. The molecular formula is C9H17N. The van der Waals surface area contributed by atoms with Crippen molar-refractivity contribution in [2.24, 2.45) is 5.92 Å². The second-order valence-corrected chi connectivity index (χ2v) is 3.22. The molecule has 1 nitrogen and oxygen atoms in total. The number of rotatable bonds is 2. The lowest BCUT2D eigenvalue weighted by atomic mass is 10.2. The zero-order valence-electron chi connectivity index (χ0n) is 7.01. The second-order valence-electron chi connectivity index (χ2n) is 3.22. The summed E-state index contributed by atoms with van der Waals surface area (Å²) in [5, 5.41) is 0. The molecule has 0 aliphatic carbocycles. The molecule has 0 bridgehead atoms. The summed E-state index contributed by atoms with van der Waals surface area (Å²) in [4.78, 5) is 2.50. The zero-order valence-corrected chi connectivity index (χ0v) is 7.01. The molecular weight excluding hydrogens is 122 g/mol. The monoisotopic (exact) mass is 139 g/mol. The maximum Gasteiger partial charge on any atom is 0.0163 e. The van der Waals surface area contributed by atoms with E-state index in [0.717, 1.165) is 12.5 Å². The van der Waals surface area contributed by atoms with E-state index >= 15 is 0 Å². The average Bonchev–Trinajstić information content (AvgIpc) is 2.31. The van der Waals surface area contributed by atoms with Gasteiger partial charge in [-0.25, -0.2) is 0 Å². The van der Waals surface area contributed by atoms with Gasteiger partial charge in [-0.3, -0.25) is 4.90 Å². The summed E-state index contributed by atoms with van der Waals surface area (Å²) in [7, 11) is 0. The lowest BCUT2D eigenvalue weighted by Crippen LogP contribution is -2.19. The van der Waals surface area contributed by atoms with Gasteiger partial charge in [0.25, 0.3) is 0 Å². The third-order valence-electron chi connectivity index (χ3n) is 2.11. The third kappa shape index (κ3) is 2.14. The van der Waals surface area contributed by atoms with Gasteiger partial charge in [-0.1, -0.05) is 19.1 Å². The molecule has 0 aromatic carbocycles. The summed E-state index contributed by atoms with van der Waals surface area (Å²) >= 11 is 0. The Labute approximate surface area is 63.7 Å². The molecule has 1 atom stereocenters. The Morgan fingerprint density at radius 1 is 1.60 bits per heavy atom. The fraction of sp³-hybridized carbons (Fsp3) is 0.778. The Kier molecular flexibility index (Phi) is 2.94. The average molecular weight is 139 g/mol. The van der Waals surface area contributed by atoms with Gasteiger partial charge >= 0.3 is 0 Å². The van der Waals surface area contributed by atoms with Crippen molar-refractivity contribution in [2.45, 2.75) is 20.3 Å².